The topological polar surface area (TPSA) is 42.4 Å². The Hall–Kier alpha value is -0.320. The molecule has 1 aliphatic heterocycles. The Morgan fingerprint density at radius 1 is 1.62 bits per heavy atom. The maximum Gasteiger partial charge on any atom is 0.169 e. The fraction of sp³-hybridized carbons (Fsp3) is 0.556. The van der Waals surface area contributed by atoms with Crippen LogP contribution in [0.25, 0.3) is 0 Å². The van der Waals surface area contributed by atoms with Gasteiger partial charge in [0.25, 0.3) is 0 Å². The normalized spacial score (nSPS) is 23.1. The highest BCUT2D eigenvalue weighted by molar-refractivity contribution is 9.10. The number of furan rings is 1. The lowest BCUT2D eigenvalue weighted by atomic mass is 10.0. The van der Waals surface area contributed by atoms with E-state index >= 15 is 0 Å². The molecule has 1 aliphatic rings. The molecule has 2 rings (SSSR count). The molecule has 1 fully saturated rings. The fourth-order valence-electron chi connectivity index (χ4n) is 1.61. The van der Waals surface area contributed by atoms with Crippen molar-refractivity contribution < 1.29 is 4.42 Å². The van der Waals surface area contributed by atoms with Gasteiger partial charge in [-0.15, -0.1) is 0 Å². The van der Waals surface area contributed by atoms with Gasteiger partial charge in [-0.05, 0) is 34.5 Å². The first kappa shape index (κ1) is 9.24. The molecular formula is C9H13BrN2O. The quantitative estimate of drug-likeness (QED) is 0.878. The van der Waals surface area contributed by atoms with Crippen molar-refractivity contribution in [2.75, 3.05) is 13.1 Å². The van der Waals surface area contributed by atoms with Crippen molar-refractivity contribution in [3.63, 3.8) is 0 Å². The molecule has 1 aromatic rings. The third kappa shape index (κ3) is 1.95. The zero-order valence-corrected chi connectivity index (χ0v) is 8.96. The molecule has 72 valence electrons. The summed E-state index contributed by atoms with van der Waals surface area (Å²) in [5.74, 6) is 1.00. The zero-order valence-electron chi connectivity index (χ0n) is 7.37. The molecule has 1 atom stereocenters. The minimum atomic E-state index is 0.559. The van der Waals surface area contributed by atoms with Gasteiger partial charge < -0.3 is 10.2 Å². The lowest BCUT2D eigenvalue weighted by molar-refractivity contribution is 0.0796. The summed E-state index contributed by atoms with van der Waals surface area (Å²) in [7, 11) is 0. The Kier molecular flexibility index (Phi) is 2.71. The van der Waals surface area contributed by atoms with E-state index in [0.29, 0.717) is 6.04 Å². The van der Waals surface area contributed by atoms with E-state index in [2.05, 4.69) is 20.8 Å². The summed E-state index contributed by atoms with van der Waals surface area (Å²) in [6, 6.07) is 4.48. The number of rotatable bonds is 3. The van der Waals surface area contributed by atoms with Gasteiger partial charge in [-0.1, -0.05) is 0 Å². The summed E-state index contributed by atoms with van der Waals surface area (Å²) in [5, 5.41) is 0. The van der Waals surface area contributed by atoms with Crippen LogP contribution in [0.4, 0.5) is 0 Å². The van der Waals surface area contributed by atoms with Crippen molar-refractivity contribution in [2.45, 2.75) is 19.0 Å². The zero-order chi connectivity index (χ0) is 9.26. The third-order valence-electron chi connectivity index (χ3n) is 2.53. The van der Waals surface area contributed by atoms with Crippen molar-refractivity contribution in [2.24, 2.45) is 5.73 Å². The van der Waals surface area contributed by atoms with Crippen LogP contribution < -0.4 is 5.73 Å². The van der Waals surface area contributed by atoms with Crippen molar-refractivity contribution in [3.8, 4) is 0 Å². The van der Waals surface area contributed by atoms with E-state index in [0.717, 1.165) is 30.1 Å². The largest absolute Gasteiger partial charge is 0.453 e. The molecular weight excluding hydrogens is 232 g/mol. The molecule has 0 spiro atoms. The van der Waals surface area contributed by atoms with Crippen LogP contribution >= 0.6 is 15.9 Å². The van der Waals surface area contributed by atoms with Gasteiger partial charge >= 0.3 is 0 Å². The molecule has 13 heavy (non-hydrogen) atoms. The summed E-state index contributed by atoms with van der Waals surface area (Å²) < 4.78 is 6.22. The van der Waals surface area contributed by atoms with Crippen LogP contribution in [0.5, 0.6) is 0 Å². The van der Waals surface area contributed by atoms with E-state index in [4.69, 9.17) is 10.2 Å². The summed E-state index contributed by atoms with van der Waals surface area (Å²) >= 11 is 3.28. The molecule has 3 nitrogen and oxygen atoms in total. The smallest absolute Gasteiger partial charge is 0.169 e. The minimum absolute atomic E-state index is 0.559. The highest BCUT2D eigenvalue weighted by atomic mass is 79.9. The van der Waals surface area contributed by atoms with E-state index in [1.807, 2.05) is 12.1 Å². The first-order chi connectivity index (χ1) is 6.29. The summed E-state index contributed by atoms with van der Waals surface area (Å²) in [5.41, 5.74) is 5.60. The Labute approximate surface area is 86.0 Å². The van der Waals surface area contributed by atoms with Gasteiger partial charge in [0, 0.05) is 19.1 Å². The van der Waals surface area contributed by atoms with Crippen molar-refractivity contribution in [1.29, 1.82) is 0 Å². The highest BCUT2D eigenvalue weighted by Gasteiger charge is 2.26. The van der Waals surface area contributed by atoms with Crippen LogP contribution in [0, 0.1) is 0 Å². The van der Waals surface area contributed by atoms with Crippen molar-refractivity contribution >= 4 is 15.9 Å². The number of likely N-dealkylation sites (tertiary alicyclic amines) is 1. The SMILES string of the molecule is NCC1CCN1Cc1ccc(Br)o1. The van der Waals surface area contributed by atoms with E-state index in [-0.39, 0.29) is 0 Å². The predicted molar refractivity (Wildman–Crippen MR) is 54.3 cm³/mol. The second-order valence-electron chi connectivity index (χ2n) is 3.35. The summed E-state index contributed by atoms with van der Waals surface area (Å²) in [6.07, 6.45) is 1.22. The lowest BCUT2D eigenvalue weighted by Gasteiger charge is -2.39. The van der Waals surface area contributed by atoms with Crippen LogP contribution in [0.15, 0.2) is 21.2 Å². The van der Waals surface area contributed by atoms with Crippen molar-refractivity contribution in [3.05, 3.63) is 22.6 Å². The second-order valence-corrected chi connectivity index (χ2v) is 4.14. The van der Waals surface area contributed by atoms with E-state index in [9.17, 15) is 0 Å². The average molecular weight is 245 g/mol. The van der Waals surface area contributed by atoms with Crippen LogP contribution in [-0.2, 0) is 6.54 Å². The van der Waals surface area contributed by atoms with Gasteiger partial charge in [-0.25, -0.2) is 0 Å². The first-order valence-corrected chi connectivity index (χ1v) is 5.27. The maximum atomic E-state index is 5.60. The van der Waals surface area contributed by atoms with Crippen LogP contribution in [-0.4, -0.2) is 24.0 Å². The molecule has 2 heterocycles. The molecule has 4 heteroatoms. The Bertz CT molecular complexity index is 285. The van der Waals surface area contributed by atoms with Gasteiger partial charge in [0.1, 0.15) is 5.76 Å². The van der Waals surface area contributed by atoms with E-state index in [1.165, 1.54) is 6.42 Å². The molecule has 0 saturated carbocycles. The van der Waals surface area contributed by atoms with Crippen LogP contribution in [0.3, 0.4) is 0 Å². The Balaban J connectivity index is 1.91. The number of hydrogen-bond acceptors (Lipinski definition) is 3. The second kappa shape index (κ2) is 3.82. The minimum Gasteiger partial charge on any atom is -0.453 e. The average Bonchev–Trinajstić information content (AvgIpc) is 2.46. The standard InChI is InChI=1S/C9H13BrN2O/c10-9-2-1-8(13-9)6-12-4-3-7(12)5-11/h1-2,7H,3-6,11H2. The molecule has 1 saturated heterocycles. The fourth-order valence-corrected chi connectivity index (χ4v) is 1.95. The molecule has 0 aliphatic carbocycles. The summed E-state index contributed by atoms with van der Waals surface area (Å²) in [4.78, 5) is 2.34. The molecule has 1 unspecified atom stereocenters. The van der Waals surface area contributed by atoms with E-state index in [1.54, 1.807) is 0 Å². The van der Waals surface area contributed by atoms with Gasteiger partial charge in [-0.2, -0.15) is 0 Å². The molecule has 0 bridgehead atoms. The molecule has 0 radical (unpaired) electrons. The highest BCUT2D eigenvalue weighted by Crippen LogP contribution is 2.22. The third-order valence-corrected chi connectivity index (χ3v) is 2.95. The van der Waals surface area contributed by atoms with Crippen molar-refractivity contribution in [1.82, 2.24) is 4.90 Å². The van der Waals surface area contributed by atoms with Gasteiger partial charge in [0.05, 0.1) is 6.54 Å². The number of nitrogens with two attached hydrogens (primary N) is 1. The van der Waals surface area contributed by atoms with Gasteiger partial charge in [0.2, 0.25) is 0 Å². The number of halogens is 1. The van der Waals surface area contributed by atoms with E-state index < -0.39 is 0 Å². The summed E-state index contributed by atoms with van der Waals surface area (Å²) in [6.45, 7) is 2.77. The molecule has 0 aromatic carbocycles. The number of nitrogens with zero attached hydrogens (tertiary/aromatic N) is 1. The molecule has 0 amide bonds. The monoisotopic (exact) mass is 244 g/mol. The van der Waals surface area contributed by atoms with Gasteiger partial charge in [-0.3, -0.25) is 4.90 Å². The van der Waals surface area contributed by atoms with Crippen LogP contribution in [0.1, 0.15) is 12.2 Å². The van der Waals surface area contributed by atoms with Gasteiger partial charge in [0.15, 0.2) is 4.67 Å². The Morgan fingerprint density at radius 3 is 2.92 bits per heavy atom. The maximum absolute atomic E-state index is 5.60. The lowest BCUT2D eigenvalue weighted by Crippen LogP contribution is -2.50. The first-order valence-electron chi connectivity index (χ1n) is 4.48. The van der Waals surface area contributed by atoms with Crippen LogP contribution in [0.2, 0.25) is 0 Å². The molecule has 2 N–H and O–H groups in total. The Morgan fingerprint density at radius 2 is 2.46 bits per heavy atom. The number of hydrogen-bond donors (Lipinski definition) is 1. The predicted octanol–water partition coefficient (Wildman–Crippen LogP) is 1.58. The molecule has 1 aromatic heterocycles.